The van der Waals surface area contributed by atoms with E-state index in [9.17, 15) is 19.2 Å². The molecular weight excluding hydrogens is 466 g/mol. The highest BCUT2D eigenvalue weighted by atomic mass is 16.5. The summed E-state index contributed by atoms with van der Waals surface area (Å²) in [4.78, 5) is 55.5. The number of fused-ring (bicyclic) bond motifs is 2. The number of carbonyl (C=O) groups is 4. The van der Waals surface area contributed by atoms with E-state index in [1.807, 2.05) is 11.0 Å². The fourth-order valence-electron chi connectivity index (χ4n) is 5.70. The van der Waals surface area contributed by atoms with E-state index in [-0.39, 0.29) is 42.5 Å². The first kappa shape index (κ1) is 22.8. The lowest BCUT2D eigenvalue weighted by molar-refractivity contribution is -0.136. The van der Waals surface area contributed by atoms with Crippen molar-refractivity contribution in [1.29, 1.82) is 0 Å². The van der Waals surface area contributed by atoms with Crippen LogP contribution in [-0.4, -0.2) is 105 Å². The number of rotatable bonds is 4. The molecule has 0 radical (unpaired) electrons. The fourth-order valence-corrected chi connectivity index (χ4v) is 5.70. The minimum Gasteiger partial charge on any atom is -0.380 e. The van der Waals surface area contributed by atoms with Gasteiger partial charge in [-0.25, -0.2) is 4.68 Å². The Morgan fingerprint density at radius 2 is 2.03 bits per heavy atom. The van der Waals surface area contributed by atoms with Gasteiger partial charge in [0.25, 0.3) is 11.8 Å². The van der Waals surface area contributed by atoms with Gasteiger partial charge in [-0.3, -0.25) is 29.4 Å². The summed E-state index contributed by atoms with van der Waals surface area (Å²) in [6.45, 7) is 3.26. The molecule has 188 valence electrons. The Morgan fingerprint density at radius 1 is 1.17 bits per heavy atom. The number of amides is 4. The molecule has 5 heterocycles. The van der Waals surface area contributed by atoms with Gasteiger partial charge < -0.3 is 14.5 Å². The molecule has 36 heavy (non-hydrogen) atoms. The van der Waals surface area contributed by atoms with E-state index in [0.717, 1.165) is 25.1 Å². The molecule has 3 atom stereocenters. The zero-order valence-corrected chi connectivity index (χ0v) is 19.9. The molecule has 0 spiro atoms. The van der Waals surface area contributed by atoms with Gasteiger partial charge in [-0.05, 0) is 36.6 Å². The summed E-state index contributed by atoms with van der Waals surface area (Å²) < 4.78 is 7.02. The predicted molar refractivity (Wildman–Crippen MR) is 124 cm³/mol. The minimum absolute atomic E-state index is 0.151. The van der Waals surface area contributed by atoms with Crippen LogP contribution < -0.4 is 5.32 Å². The van der Waals surface area contributed by atoms with Crippen molar-refractivity contribution in [1.82, 2.24) is 35.0 Å². The van der Waals surface area contributed by atoms with Crippen LogP contribution in [0.25, 0.3) is 5.69 Å². The second-order valence-corrected chi connectivity index (χ2v) is 9.78. The summed E-state index contributed by atoms with van der Waals surface area (Å²) in [5, 5.41) is 10.6. The normalized spacial score (nSPS) is 26.2. The molecule has 12 heteroatoms. The van der Waals surface area contributed by atoms with E-state index in [2.05, 4.69) is 20.5 Å². The van der Waals surface area contributed by atoms with E-state index in [1.165, 1.54) is 9.58 Å². The van der Waals surface area contributed by atoms with Crippen LogP contribution in [0.2, 0.25) is 0 Å². The van der Waals surface area contributed by atoms with Gasteiger partial charge in [0.2, 0.25) is 11.8 Å². The Kier molecular flexibility index (Phi) is 5.56. The molecular formula is C24H27N7O5. The summed E-state index contributed by atoms with van der Waals surface area (Å²) in [5.41, 5.74) is 2.22. The first-order valence-corrected chi connectivity index (χ1v) is 12.2. The van der Waals surface area contributed by atoms with Crippen LogP contribution in [0.1, 0.15) is 45.7 Å². The van der Waals surface area contributed by atoms with Gasteiger partial charge in [-0.15, -0.1) is 5.10 Å². The molecule has 2 aromatic rings. The monoisotopic (exact) mass is 493 g/mol. The average Bonchev–Trinajstić information content (AvgIpc) is 3.60. The van der Waals surface area contributed by atoms with Crippen molar-refractivity contribution >= 4 is 23.6 Å². The van der Waals surface area contributed by atoms with Gasteiger partial charge in [0.1, 0.15) is 6.04 Å². The molecule has 0 aliphatic carbocycles. The number of methoxy groups -OCH3 is 1. The van der Waals surface area contributed by atoms with Gasteiger partial charge in [-0.1, -0.05) is 5.21 Å². The molecule has 4 aliphatic heterocycles. The molecule has 1 aromatic carbocycles. The van der Waals surface area contributed by atoms with E-state index < -0.39 is 11.9 Å². The third-order valence-electron chi connectivity index (χ3n) is 7.68. The first-order chi connectivity index (χ1) is 17.4. The Balaban J connectivity index is 1.16. The maximum absolute atomic E-state index is 13.1. The highest BCUT2D eigenvalue weighted by Gasteiger charge is 2.40. The first-order valence-electron chi connectivity index (χ1n) is 12.2. The second kappa shape index (κ2) is 8.79. The zero-order chi connectivity index (χ0) is 25.0. The van der Waals surface area contributed by atoms with Crippen LogP contribution in [-0.2, 0) is 20.9 Å². The summed E-state index contributed by atoms with van der Waals surface area (Å²) in [7, 11) is 1.73. The number of hydrogen-bond donors (Lipinski definition) is 1. The number of imide groups is 1. The molecule has 3 saturated heterocycles. The molecule has 6 rings (SSSR count). The Labute approximate surface area is 207 Å². The van der Waals surface area contributed by atoms with Gasteiger partial charge in [0.15, 0.2) is 5.69 Å². The summed E-state index contributed by atoms with van der Waals surface area (Å²) in [6, 6.07) is 4.90. The average molecular weight is 494 g/mol. The maximum atomic E-state index is 13.1. The lowest BCUT2D eigenvalue weighted by Gasteiger charge is -2.36. The molecule has 4 aliphatic rings. The van der Waals surface area contributed by atoms with Crippen molar-refractivity contribution < 1.29 is 23.9 Å². The molecule has 1 aromatic heterocycles. The van der Waals surface area contributed by atoms with Crippen LogP contribution in [0.4, 0.5) is 0 Å². The molecule has 1 unspecified atom stereocenters. The van der Waals surface area contributed by atoms with Crippen LogP contribution in [0.3, 0.4) is 0 Å². The number of aromatic nitrogens is 3. The van der Waals surface area contributed by atoms with Crippen LogP contribution in [0.5, 0.6) is 0 Å². The van der Waals surface area contributed by atoms with E-state index in [4.69, 9.17) is 4.74 Å². The van der Waals surface area contributed by atoms with Crippen molar-refractivity contribution in [2.45, 2.75) is 44.0 Å². The van der Waals surface area contributed by atoms with E-state index in [0.29, 0.717) is 36.8 Å². The van der Waals surface area contributed by atoms with Crippen LogP contribution in [0.15, 0.2) is 24.4 Å². The zero-order valence-electron chi connectivity index (χ0n) is 19.9. The standard InChI is InChI=1S/C24H27N7O5/c1-36-17-9-16-11-29(7-6-28(16)12-17)24(35)19-13-31(27-26-19)15-2-3-18-14(8-15)10-30(23(18)34)20-4-5-21(32)25-22(20)33/h2-3,8,13,16-17,20H,4-7,9-12H2,1H3,(H,25,32,33)/t16-,17-,20?/m0/s1. The van der Waals surface area contributed by atoms with Crippen molar-refractivity contribution in [2.24, 2.45) is 0 Å². The van der Waals surface area contributed by atoms with E-state index in [1.54, 1.807) is 25.4 Å². The topological polar surface area (TPSA) is 130 Å². The number of piperazine rings is 1. The maximum Gasteiger partial charge on any atom is 0.276 e. The van der Waals surface area contributed by atoms with Gasteiger partial charge in [-0.2, -0.15) is 0 Å². The number of carbonyl (C=O) groups excluding carboxylic acids is 4. The lowest BCUT2D eigenvalue weighted by atomic mass is 10.0. The molecule has 1 N–H and O–H groups in total. The molecule has 0 saturated carbocycles. The minimum atomic E-state index is -0.666. The van der Waals surface area contributed by atoms with Crippen molar-refractivity contribution in [3.8, 4) is 5.69 Å². The third-order valence-corrected chi connectivity index (χ3v) is 7.68. The quantitative estimate of drug-likeness (QED) is 0.568. The molecule has 4 amide bonds. The van der Waals surface area contributed by atoms with Crippen molar-refractivity contribution in [3.63, 3.8) is 0 Å². The van der Waals surface area contributed by atoms with E-state index >= 15 is 0 Å². The fraction of sp³-hybridized carbons (Fsp3) is 0.500. The number of benzene rings is 1. The highest BCUT2D eigenvalue weighted by Crippen LogP contribution is 2.29. The number of nitrogens with zero attached hydrogens (tertiary/aromatic N) is 6. The van der Waals surface area contributed by atoms with Gasteiger partial charge >= 0.3 is 0 Å². The van der Waals surface area contributed by atoms with Gasteiger partial charge in [0.05, 0.1) is 18.0 Å². The summed E-state index contributed by atoms with van der Waals surface area (Å²) in [6.07, 6.45) is 3.26. The van der Waals surface area contributed by atoms with Gasteiger partial charge in [0, 0.05) is 57.9 Å². The van der Waals surface area contributed by atoms with Crippen molar-refractivity contribution in [3.05, 3.63) is 41.2 Å². The highest BCUT2D eigenvalue weighted by molar-refractivity contribution is 6.05. The number of piperidine rings is 1. The predicted octanol–water partition coefficient (Wildman–Crippen LogP) is -0.427. The largest absolute Gasteiger partial charge is 0.380 e. The number of nitrogens with one attached hydrogen (secondary N) is 1. The summed E-state index contributed by atoms with van der Waals surface area (Å²) in [5.74, 6) is -1.14. The second-order valence-electron chi connectivity index (χ2n) is 9.78. The van der Waals surface area contributed by atoms with Crippen LogP contribution >= 0.6 is 0 Å². The lowest BCUT2D eigenvalue weighted by Crippen LogP contribution is -2.52. The number of ether oxygens (including phenoxy) is 1. The summed E-state index contributed by atoms with van der Waals surface area (Å²) >= 11 is 0. The molecule has 0 bridgehead atoms. The van der Waals surface area contributed by atoms with Crippen molar-refractivity contribution in [2.75, 3.05) is 33.3 Å². The Bertz CT molecular complexity index is 1260. The SMILES string of the molecule is CO[C@H]1C[C@H]2CN(C(=O)c3cn(-c4ccc5c(c4)CN(C4CCC(=O)NC4=O)C5=O)nn3)CCN2C1. The number of hydrogen-bond acceptors (Lipinski definition) is 8. The Morgan fingerprint density at radius 3 is 2.83 bits per heavy atom. The van der Waals surface area contributed by atoms with Crippen LogP contribution in [0, 0.1) is 0 Å². The third kappa shape index (κ3) is 3.86. The molecule has 12 nitrogen and oxygen atoms in total. The Hall–Kier alpha value is -3.64. The smallest absolute Gasteiger partial charge is 0.276 e. The molecule has 3 fully saturated rings.